The quantitative estimate of drug-likeness (QED) is 0.424. The van der Waals surface area contributed by atoms with Crippen molar-refractivity contribution in [2.75, 3.05) is 0 Å². The van der Waals surface area contributed by atoms with Crippen LogP contribution in [0.3, 0.4) is 0 Å². The van der Waals surface area contributed by atoms with Gasteiger partial charge in [0.15, 0.2) is 0 Å². The van der Waals surface area contributed by atoms with E-state index in [-0.39, 0.29) is 23.6 Å². The fraction of sp³-hybridized carbons (Fsp3) is 0.200. The van der Waals surface area contributed by atoms with Gasteiger partial charge in [-0.25, -0.2) is 0 Å². The van der Waals surface area contributed by atoms with Gasteiger partial charge >= 0.3 is 5.97 Å². The van der Waals surface area contributed by atoms with Crippen LogP contribution in [0.2, 0.25) is 5.02 Å². The predicted molar refractivity (Wildman–Crippen MR) is 111 cm³/mol. The zero-order chi connectivity index (χ0) is 20.0. The molecule has 1 heterocycles. The normalized spacial score (nSPS) is 22.4. The largest absolute Gasteiger partial charge is 0.425 e. The number of Topliss-reactive ketones (excluding diaryl/α,β-unsaturated/α-hetero) is 1. The summed E-state index contributed by atoms with van der Waals surface area (Å²) in [6.45, 7) is 0. The molecule has 1 fully saturated rings. The number of carbonyl (C=O) groups excluding carboxylic acids is 2. The number of halogens is 1. The van der Waals surface area contributed by atoms with Crippen LogP contribution in [0.4, 0.5) is 0 Å². The van der Waals surface area contributed by atoms with E-state index >= 15 is 0 Å². The minimum atomic E-state index is -0.989. The van der Waals surface area contributed by atoms with Gasteiger partial charge in [-0.05, 0) is 29.3 Å². The number of hydrogen-bond acceptors (Lipinski definition) is 3. The lowest BCUT2D eigenvalue weighted by atomic mass is 9.54. The van der Waals surface area contributed by atoms with Crippen molar-refractivity contribution in [2.24, 2.45) is 0 Å². The zero-order valence-corrected chi connectivity index (χ0v) is 16.4. The molecule has 5 rings (SSSR count). The maximum Gasteiger partial charge on any atom is 0.323 e. The van der Waals surface area contributed by atoms with Crippen molar-refractivity contribution in [1.29, 1.82) is 0 Å². The number of hydrogen-bond donors (Lipinski definition) is 0. The maximum absolute atomic E-state index is 13.6. The van der Waals surface area contributed by atoms with Crippen LogP contribution < -0.4 is 4.74 Å². The molecule has 29 heavy (non-hydrogen) atoms. The molecule has 0 N–H and O–H groups in total. The lowest BCUT2D eigenvalue weighted by Crippen LogP contribution is -2.49. The monoisotopic (exact) mass is 402 g/mol. The van der Waals surface area contributed by atoms with E-state index in [2.05, 4.69) is 0 Å². The lowest BCUT2D eigenvalue weighted by molar-refractivity contribution is -0.142. The highest BCUT2D eigenvalue weighted by Gasteiger charge is 2.62. The van der Waals surface area contributed by atoms with E-state index in [9.17, 15) is 9.59 Å². The van der Waals surface area contributed by atoms with Gasteiger partial charge in [0.05, 0.1) is 0 Å². The SMILES string of the molecule is O=C1C[C@H](c2ccccc2)C2(C(=O)Oc3ccc(Cl)cc32)[C@@H](c2ccccc2)C1. The van der Waals surface area contributed by atoms with E-state index in [0.717, 1.165) is 16.7 Å². The highest BCUT2D eigenvalue weighted by Crippen LogP contribution is 2.60. The summed E-state index contributed by atoms with van der Waals surface area (Å²) in [5.41, 5.74) is 1.72. The standard InChI is InChI=1S/C25H19ClO3/c26-18-11-12-23-22(13-18)25(24(28)29-23)20(16-7-3-1-4-8-16)14-19(27)15-21(25)17-9-5-2-6-10-17/h1-13,20-21H,14-15H2/t20-,21-/m1/s1. The van der Waals surface area contributed by atoms with Gasteiger partial charge in [-0.2, -0.15) is 0 Å². The van der Waals surface area contributed by atoms with Gasteiger partial charge in [-0.3, -0.25) is 9.59 Å². The molecule has 2 atom stereocenters. The molecule has 0 unspecified atom stereocenters. The Balaban J connectivity index is 1.82. The molecule has 3 aromatic rings. The molecule has 144 valence electrons. The van der Waals surface area contributed by atoms with Gasteiger partial charge in [-0.15, -0.1) is 0 Å². The van der Waals surface area contributed by atoms with Gasteiger partial charge < -0.3 is 4.74 Å². The highest BCUT2D eigenvalue weighted by atomic mass is 35.5. The first-order valence-electron chi connectivity index (χ1n) is 9.74. The molecule has 0 amide bonds. The van der Waals surface area contributed by atoms with Crippen LogP contribution in [-0.4, -0.2) is 11.8 Å². The number of rotatable bonds is 2. The van der Waals surface area contributed by atoms with E-state index in [1.54, 1.807) is 12.1 Å². The van der Waals surface area contributed by atoms with E-state index in [4.69, 9.17) is 16.3 Å². The van der Waals surface area contributed by atoms with Crippen molar-refractivity contribution < 1.29 is 14.3 Å². The molecule has 0 bridgehead atoms. The summed E-state index contributed by atoms with van der Waals surface area (Å²) in [5, 5.41) is 0.553. The van der Waals surface area contributed by atoms with Gasteiger partial charge in [0.25, 0.3) is 0 Å². The molecule has 1 saturated carbocycles. The fourth-order valence-electron chi connectivity index (χ4n) is 5.10. The molecule has 1 aliphatic carbocycles. The Morgan fingerprint density at radius 3 is 1.90 bits per heavy atom. The van der Waals surface area contributed by atoms with Crippen molar-refractivity contribution in [1.82, 2.24) is 0 Å². The molecule has 3 aromatic carbocycles. The summed E-state index contributed by atoms with van der Waals surface area (Å²) in [6.07, 6.45) is 0.600. The third-order valence-corrected chi connectivity index (χ3v) is 6.53. The fourth-order valence-corrected chi connectivity index (χ4v) is 5.28. The molecule has 4 heteroatoms. The second-order valence-corrected chi connectivity index (χ2v) is 8.21. The van der Waals surface area contributed by atoms with Gasteiger partial charge in [0, 0.05) is 35.3 Å². The summed E-state index contributed by atoms with van der Waals surface area (Å²) in [4.78, 5) is 26.5. The molecular formula is C25H19ClO3. The minimum absolute atomic E-state index is 0.154. The Morgan fingerprint density at radius 1 is 0.793 bits per heavy atom. The van der Waals surface area contributed by atoms with Crippen LogP contribution in [0.5, 0.6) is 5.75 Å². The first-order chi connectivity index (χ1) is 14.1. The third kappa shape index (κ3) is 2.72. The van der Waals surface area contributed by atoms with Crippen molar-refractivity contribution in [3.63, 3.8) is 0 Å². The lowest BCUT2D eigenvalue weighted by Gasteiger charge is -2.44. The topological polar surface area (TPSA) is 43.4 Å². The van der Waals surface area contributed by atoms with Crippen LogP contribution in [0.1, 0.15) is 41.4 Å². The number of fused-ring (bicyclic) bond motifs is 2. The predicted octanol–water partition coefficient (Wildman–Crippen LogP) is 5.43. The Kier molecular flexibility index (Phi) is 4.29. The van der Waals surface area contributed by atoms with E-state index in [1.165, 1.54) is 0 Å². The number of esters is 1. The maximum atomic E-state index is 13.6. The first kappa shape index (κ1) is 18.1. The van der Waals surface area contributed by atoms with Crippen molar-refractivity contribution in [3.8, 4) is 5.75 Å². The zero-order valence-electron chi connectivity index (χ0n) is 15.7. The van der Waals surface area contributed by atoms with Crippen molar-refractivity contribution in [3.05, 3.63) is 101 Å². The molecule has 1 spiro atoms. The second kappa shape index (κ2) is 6.85. The molecule has 0 aromatic heterocycles. The number of carbonyl (C=O) groups is 2. The smallest absolute Gasteiger partial charge is 0.323 e. The van der Waals surface area contributed by atoms with Gasteiger partial charge in [-0.1, -0.05) is 72.3 Å². The summed E-state index contributed by atoms with van der Waals surface area (Å²) < 4.78 is 5.78. The molecule has 0 saturated heterocycles. The van der Waals surface area contributed by atoms with Crippen LogP contribution in [0.25, 0.3) is 0 Å². The average molecular weight is 403 g/mol. The van der Waals surface area contributed by atoms with Crippen molar-refractivity contribution >= 4 is 23.4 Å². The van der Waals surface area contributed by atoms with Gasteiger partial charge in [0.2, 0.25) is 0 Å². The van der Waals surface area contributed by atoms with E-state index in [1.807, 2.05) is 66.7 Å². The Hall–Kier alpha value is -2.91. The summed E-state index contributed by atoms with van der Waals surface area (Å²) in [5.74, 6) is -0.244. The molecule has 0 radical (unpaired) electrons. The number of ether oxygens (including phenoxy) is 1. The second-order valence-electron chi connectivity index (χ2n) is 7.77. The van der Waals surface area contributed by atoms with Crippen molar-refractivity contribution in [2.45, 2.75) is 30.1 Å². The number of ketones is 1. The Morgan fingerprint density at radius 2 is 1.34 bits per heavy atom. The molecule has 2 aliphatic rings. The number of benzene rings is 3. The molecule has 3 nitrogen and oxygen atoms in total. The Labute approximate surface area is 174 Å². The molecular weight excluding hydrogens is 384 g/mol. The van der Waals surface area contributed by atoms with Crippen LogP contribution >= 0.6 is 11.6 Å². The molecule has 1 aliphatic heterocycles. The van der Waals surface area contributed by atoms with E-state index in [0.29, 0.717) is 23.6 Å². The van der Waals surface area contributed by atoms with Crippen LogP contribution in [-0.2, 0) is 15.0 Å². The first-order valence-corrected chi connectivity index (χ1v) is 10.1. The third-order valence-electron chi connectivity index (χ3n) is 6.29. The summed E-state index contributed by atoms with van der Waals surface area (Å²) in [6, 6.07) is 24.9. The average Bonchev–Trinajstić information content (AvgIpc) is 3.03. The van der Waals surface area contributed by atoms with Crippen LogP contribution in [0, 0.1) is 0 Å². The summed E-state index contributed by atoms with van der Waals surface area (Å²) in [7, 11) is 0. The summed E-state index contributed by atoms with van der Waals surface area (Å²) >= 11 is 6.36. The van der Waals surface area contributed by atoms with E-state index < -0.39 is 5.41 Å². The van der Waals surface area contributed by atoms with Gasteiger partial charge in [0.1, 0.15) is 16.9 Å². The van der Waals surface area contributed by atoms with Crippen LogP contribution in [0.15, 0.2) is 78.9 Å². The Bertz CT molecular complexity index is 1040. The highest BCUT2D eigenvalue weighted by molar-refractivity contribution is 6.30. The minimum Gasteiger partial charge on any atom is -0.425 e.